The van der Waals surface area contributed by atoms with Crippen molar-refractivity contribution < 1.29 is 4.79 Å². The standard InChI is InChI=1S/C12H16N2O/c1-12(2,9-6-7-9)14-11(15)10-5-3-4-8-13-10/h3-5,8-9H,6-7H2,1-2H3,(H,14,15). The van der Waals surface area contributed by atoms with Crippen molar-refractivity contribution in [2.75, 3.05) is 0 Å². The zero-order valence-corrected chi connectivity index (χ0v) is 9.16. The molecule has 0 bridgehead atoms. The van der Waals surface area contributed by atoms with Gasteiger partial charge in [-0.25, -0.2) is 0 Å². The number of hydrogen-bond donors (Lipinski definition) is 1. The van der Waals surface area contributed by atoms with Crippen LogP contribution in [0.5, 0.6) is 0 Å². The summed E-state index contributed by atoms with van der Waals surface area (Å²) >= 11 is 0. The summed E-state index contributed by atoms with van der Waals surface area (Å²) in [6.45, 7) is 4.15. The fourth-order valence-electron chi connectivity index (χ4n) is 1.76. The molecule has 3 heteroatoms. The first-order chi connectivity index (χ1) is 7.09. The Bertz CT molecular complexity index is 355. The molecule has 0 aromatic carbocycles. The molecule has 0 radical (unpaired) electrons. The number of carbonyl (C=O) groups is 1. The van der Waals surface area contributed by atoms with E-state index in [4.69, 9.17) is 0 Å². The molecular formula is C12H16N2O. The average molecular weight is 204 g/mol. The van der Waals surface area contributed by atoms with Crippen molar-refractivity contribution in [3.05, 3.63) is 30.1 Å². The number of amides is 1. The highest BCUT2D eigenvalue weighted by Crippen LogP contribution is 2.39. The minimum Gasteiger partial charge on any atom is -0.346 e. The normalized spacial score (nSPS) is 16.1. The second kappa shape index (κ2) is 3.65. The number of nitrogens with zero attached hydrogens (tertiary/aromatic N) is 1. The van der Waals surface area contributed by atoms with Crippen molar-refractivity contribution in [3.8, 4) is 0 Å². The predicted molar refractivity (Wildman–Crippen MR) is 58.5 cm³/mol. The van der Waals surface area contributed by atoms with Crippen LogP contribution in [0.1, 0.15) is 37.2 Å². The summed E-state index contributed by atoms with van der Waals surface area (Å²) in [4.78, 5) is 15.8. The van der Waals surface area contributed by atoms with Crippen molar-refractivity contribution in [2.24, 2.45) is 5.92 Å². The number of aromatic nitrogens is 1. The van der Waals surface area contributed by atoms with Crippen LogP contribution in [-0.4, -0.2) is 16.4 Å². The number of nitrogens with one attached hydrogen (secondary N) is 1. The lowest BCUT2D eigenvalue weighted by molar-refractivity contribution is 0.0898. The van der Waals surface area contributed by atoms with E-state index >= 15 is 0 Å². The zero-order chi connectivity index (χ0) is 10.9. The van der Waals surface area contributed by atoms with E-state index in [1.165, 1.54) is 12.8 Å². The van der Waals surface area contributed by atoms with Gasteiger partial charge in [0, 0.05) is 11.7 Å². The molecule has 1 fully saturated rings. The van der Waals surface area contributed by atoms with Gasteiger partial charge < -0.3 is 5.32 Å². The third-order valence-corrected chi connectivity index (χ3v) is 2.93. The third-order valence-electron chi connectivity index (χ3n) is 2.93. The number of pyridine rings is 1. The van der Waals surface area contributed by atoms with Gasteiger partial charge in [0.15, 0.2) is 0 Å². The van der Waals surface area contributed by atoms with Gasteiger partial charge in [-0.15, -0.1) is 0 Å². The lowest BCUT2D eigenvalue weighted by Crippen LogP contribution is -2.45. The summed E-state index contributed by atoms with van der Waals surface area (Å²) in [5.74, 6) is 0.553. The molecule has 1 aliphatic carbocycles. The van der Waals surface area contributed by atoms with Crippen LogP contribution >= 0.6 is 0 Å². The van der Waals surface area contributed by atoms with Gasteiger partial charge in [-0.05, 0) is 44.7 Å². The highest BCUT2D eigenvalue weighted by atomic mass is 16.2. The molecule has 1 amide bonds. The van der Waals surface area contributed by atoms with E-state index in [0.717, 1.165) is 0 Å². The summed E-state index contributed by atoms with van der Waals surface area (Å²) in [5, 5.41) is 3.03. The summed E-state index contributed by atoms with van der Waals surface area (Å²) in [7, 11) is 0. The first-order valence-corrected chi connectivity index (χ1v) is 5.33. The molecule has 15 heavy (non-hydrogen) atoms. The third kappa shape index (κ3) is 2.35. The molecule has 2 rings (SSSR count). The molecule has 3 nitrogen and oxygen atoms in total. The summed E-state index contributed by atoms with van der Waals surface area (Å²) in [6.07, 6.45) is 4.07. The van der Waals surface area contributed by atoms with Gasteiger partial charge in [0.1, 0.15) is 5.69 Å². The Balaban J connectivity index is 2.03. The van der Waals surface area contributed by atoms with E-state index in [9.17, 15) is 4.79 Å². The first kappa shape index (κ1) is 10.1. The van der Waals surface area contributed by atoms with Crippen LogP contribution in [0.15, 0.2) is 24.4 Å². The monoisotopic (exact) mass is 204 g/mol. The molecule has 1 heterocycles. The molecule has 0 atom stereocenters. The average Bonchev–Trinajstić information content (AvgIpc) is 3.01. The van der Waals surface area contributed by atoms with Crippen molar-refractivity contribution in [1.29, 1.82) is 0 Å². The van der Waals surface area contributed by atoms with Crippen molar-refractivity contribution in [3.63, 3.8) is 0 Å². The fourth-order valence-corrected chi connectivity index (χ4v) is 1.76. The number of carbonyl (C=O) groups excluding carboxylic acids is 1. The smallest absolute Gasteiger partial charge is 0.270 e. The van der Waals surface area contributed by atoms with Gasteiger partial charge in [-0.1, -0.05) is 6.07 Å². The maximum absolute atomic E-state index is 11.8. The van der Waals surface area contributed by atoms with Gasteiger partial charge >= 0.3 is 0 Å². The van der Waals surface area contributed by atoms with Gasteiger partial charge in [0.2, 0.25) is 0 Å². The molecule has 1 aromatic heterocycles. The van der Waals surface area contributed by atoms with Crippen LogP contribution < -0.4 is 5.32 Å². The topological polar surface area (TPSA) is 42.0 Å². The zero-order valence-electron chi connectivity index (χ0n) is 9.16. The lowest BCUT2D eigenvalue weighted by Gasteiger charge is -2.25. The van der Waals surface area contributed by atoms with Crippen molar-refractivity contribution in [2.45, 2.75) is 32.2 Å². The number of rotatable bonds is 3. The highest BCUT2D eigenvalue weighted by molar-refractivity contribution is 5.92. The van der Waals surface area contributed by atoms with Crippen LogP contribution in [0.2, 0.25) is 0 Å². The molecule has 1 aromatic rings. The van der Waals surface area contributed by atoms with Crippen LogP contribution in [0.4, 0.5) is 0 Å². The first-order valence-electron chi connectivity index (χ1n) is 5.33. The van der Waals surface area contributed by atoms with E-state index in [1.54, 1.807) is 12.3 Å². The van der Waals surface area contributed by atoms with Crippen LogP contribution in [-0.2, 0) is 0 Å². The predicted octanol–water partition coefficient (Wildman–Crippen LogP) is 2.00. The Labute approximate surface area is 89.9 Å². The minimum atomic E-state index is -0.103. The molecule has 0 aliphatic heterocycles. The van der Waals surface area contributed by atoms with E-state index in [-0.39, 0.29) is 11.4 Å². The second-order valence-electron chi connectivity index (χ2n) is 4.67. The van der Waals surface area contributed by atoms with Gasteiger partial charge in [-0.3, -0.25) is 9.78 Å². The van der Waals surface area contributed by atoms with E-state index in [0.29, 0.717) is 11.6 Å². The van der Waals surface area contributed by atoms with Gasteiger partial charge in [0.05, 0.1) is 0 Å². The SMILES string of the molecule is CC(C)(NC(=O)c1ccccn1)C1CC1. The highest BCUT2D eigenvalue weighted by Gasteiger charge is 2.38. The molecular weight excluding hydrogens is 188 g/mol. The fraction of sp³-hybridized carbons (Fsp3) is 0.500. The van der Waals surface area contributed by atoms with Gasteiger partial charge in [0.25, 0.3) is 5.91 Å². The van der Waals surface area contributed by atoms with E-state index < -0.39 is 0 Å². The maximum atomic E-state index is 11.8. The molecule has 80 valence electrons. The Morgan fingerprint density at radius 1 is 1.47 bits per heavy atom. The van der Waals surface area contributed by atoms with Crippen LogP contribution in [0.25, 0.3) is 0 Å². The van der Waals surface area contributed by atoms with Crippen LogP contribution in [0.3, 0.4) is 0 Å². The van der Waals surface area contributed by atoms with E-state index in [2.05, 4.69) is 24.1 Å². The molecule has 0 saturated heterocycles. The van der Waals surface area contributed by atoms with Crippen LogP contribution in [0, 0.1) is 5.92 Å². The quantitative estimate of drug-likeness (QED) is 0.818. The lowest BCUT2D eigenvalue weighted by atomic mass is 9.98. The maximum Gasteiger partial charge on any atom is 0.270 e. The van der Waals surface area contributed by atoms with E-state index in [1.807, 2.05) is 12.1 Å². The largest absolute Gasteiger partial charge is 0.346 e. The Morgan fingerprint density at radius 2 is 2.20 bits per heavy atom. The summed E-state index contributed by atoms with van der Waals surface area (Å²) in [5.41, 5.74) is 0.389. The second-order valence-corrected chi connectivity index (χ2v) is 4.67. The molecule has 0 spiro atoms. The molecule has 1 aliphatic rings. The number of hydrogen-bond acceptors (Lipinski definition) is 2. The molecule has 1 saturated carbocycles. The summed E-state index contributed by atoms with van der Waals surface area (Å²) < 4.78 is 0. The minimum absolute atomic E-state index is 0.0764. The Kier molecular flexibility index (Phi) is 2.47. The van der Waals surface area contributed by atoms with Crippen molar-refractivity contribution >= 4 is 5.91 Å². The van der Waals surface area contributed by atoms with Gasteiger partial charge in [-0.2, -0.15) is 0 Å². The molecule has 0 unspecified atom stereocenters. The molecule has 1 N–H and O–H groups in total. The Morgan fingerprint density at radius 3 is 2.73 bits per heavy atom. The Hall–Kier alpha value is -1.38. The van der Waals surface area contributed by atoms with Crippen molar-refractivity contribution in [1.82, 2.24) is 10.3 Å². The summed E-state index contributed by atoms with van der Waals surface area (Å²) in [6, 6.07) is 5.37.